The van der Waals surface area contributed by atoms with Crippen molar-refractivity contribution in [2.45, 2.75) is 32.4 Å². The Morgan fingerprint density at radius 2 is 2.21 bits per heavy atom. The van der Waals surface area contributed by atoms with E-state index < -0.39 is 0 Å². The van der Waals surface area contributed by atoms with Crippen molar-refractivity contribution >= 4 is 0 Å². The van der Waals surface area contributed by atoms with Gasteiger partial charge in [-0.1, -0.05) is 45.2 Å². The van der Waals surface area contributed by atoms with E-state index in [0.717, 1.165) is 25.1 Å². The summed E-state index contributed by atoms with van der Waals surface area (Å²) in [6.45, 7) is 15.4. The highest BCUT2D eigenvalue weighted by Crippen LogP contribution is 2.15. The number of β-amino-alcohol motifs (C(OH)–C–C–N with tert-alkyl or cyclic N) is 1. The van der Waals surface area contributed by atoms with E-state index in [0.29, 0.717) is 25.0 Å². The van der Waals surface area contributed by atoms with Gasteiger partial charge in [-0.05, 0) is 17.9 Å². The van der Waals surface area contributed by atoms with E-state index in [-0.39, 0.29) is 6.10 Å². The summed E-state index contributed by atoms with van der Waals surface area (Å²) in [6, 6.07) is 0.464. The minimum absolute atomic E-state index is 0.298. The van der Waals surface area contributed by atoms with Crippen LogP contribution in [0.5, 0.6) is 0 Å². The van der Waals surface area contributed by atoms with Crippen LogP contribution in [0.3, 0.4) is 0 Å². The Labute approximate surface area is 117 Å². The van der Waals surface area contributed by atoms with Crippen molar-refractivity contribution in [2.75, 3.05) is 26.2 Å². The highest BCUT2D eigenvalue weighted by Gasteiger charge is 2.25. The number of hydrogen-bond acceptors (Lipinski definition) is 3. The Morgan fingerprint density at radius 3 is 2.84 bits per heavy atom. The van der Waals surface area contributed by atoms with Crippen LogP contribution in [0.25, 0.3) is 0 Å². The normalized spacial score (nSPS) is 25.7. The van der Waals surface area contributed by atoms with Gasteiger partial charge in [0.2, 0.25) is 0 Å². The number of allylic oxidation sites excluding steroid dienone is 2. The van der Waals surface area contributed by atoms with Crippen molar-refractivity contribution in [1.29, 1.82) is 0 Å². The van der Waals surface area contributed by atoms with E-state index in [4.69, 9.17) is 0 Å². The minimum atomic E-state index is -0.298. The van der Waals surface area contributed by atoms with Crippen LogP contribution in [0.15, 0.2) is 37.0 Å². The summed E-state index contributed by atoms with van der Waals surface area (Å²) < 4.78 is 0. The van der Waals surface area contributed by atoms with Crippen molar-refractivity contribution in [2.24, 2.45) is 5.92 Å². The van der Waals surface area contributed by atoms with Gasteiger partial charge in [0.15, 0.2) is 0 Å². The maximum absolute atomic E-state index is 9.93. The van der Waals surface area contributed by atoms with Crippen LogP contribution >= 0.6 is 0 Å². The van der Waals surface area contributed by atoms with Crippen molar-refractivity contribution in [3.8, 4) is 0 Å². The lowest BCUT2D eigenvalue weighted by atomic mass is 10.0. The Hall–Kier alpha value is -0.900. The summed E-state index contributed by atoms with van der Waals surface area (Å²) in [5.74, 6) is 0.654. The lowest BCUT2D eigenvalue weighted by molar-refractivity contribution is 0.111. The molecule has 0 spiro atoms. The molecule has 1 aliphatic rings. The van der Waals surface area contributed by atoms with Crippen molar-refractivity contribution in [3.63, 3.8) is 0 Å². The van der Waals surface area contributed by atoms with Gasteiger partial charge in [0, 0.05) is 32.2 Å². The standard InChI is InChI=1S/C16H28N2O/c1-5-6-7-14(4)11-18-12-16(19)10-17-9-15(18)8-13(2)3/h5-7,13,15-17,19H,1,4,8-12H2,2-3H3/b7-6-. The lowest BCUT2D eigenvalue weighted by Gasteiger charge is -2.31. The van der Waals surface area contributed by atoms with Gasteiger partial charge in [0.1, 0.15) is 0 Å². The third-order valence-electron chi connectivity index (χ3n) is 3.34. The molecule has 0 aromatic heterocycles. The fourth-order valence-electron chi connectivity index (χ4n) is 2.52. The van der Waals surface area contributed by atoms with E-state index >= 15 is 0 Å². The molecule has 1 saturated heterocycles. The van der Waals surface area contributed by atoms with Gasteiger partial charge in [-0.15, -0.1) is 0 Å². The second kappa shape index (κ2) is 8.31. The van der Waals surface area contributed by atoms with Gasteiger partial charge in [-0.3, -0.25) is 4.90 Å². The van der Waals surface area contributed by atoms with Crippen LogP contribution in [0.2, 0.25) is 0 Å². The van der Waals surface area contributed by atoms with E-state index in [1.807, 2.05) is 12.2 Å². The quantitative estimate of drug-likeness (QED) is 0.720. The van der Waals surface area contributed by atoms with Crippen LogP contribution in [-0.4, -0.2) is 48.3 Å². The summed E-state index contributed by atoms with van der Waals surface area (Å²) >= 11 is 0. The van der Waals surface area contributed by atoms with Crippen LogP contribution in [0, 0.1) is 5.92 Å². The van der Waals surface area contributed by atoms with Gasteiger partial charge in [0.25, 0.3) is 0 Å². The smallest absolute Gasteiger partial charge is 0.0791 e. The first-order chi connectivity index (χ1) is 9.02. The molecule has 2 N–H and O–H groups in total. The molecule has 0 aromatic carbocycles. The second-order valence-corrected chi connectivity index (χ2v) is 5.78. The number of rotatable bonds is 6. The van der Waals surface area contributed by atoms with Crippen molar-refractivity contribution in [1.82, 2.24) is 10.2 Å². The summed E-state index contributed by atoms with van der Waals surface area (Å²) in [6.07, 6.45) is 6.50. The SMILES string of the molecule is C=C/C=C\C(=C)CN1CC(O)CNCC1CC(C)C. The molecule has 0 bridgehead atoms. The zero-order chi connectivity index (χ0) is 14.3. The molecule has 0 radical (unpaired) electrons. The van der Waals surface area contributed by atoms with E-state index in [9.17, 15) is 5.11 Å². The second-order valence-electron chi connectivity index (χ2n) is 5.78. The third kappa shape index (κ3) is 6.19. The molecule has 0 amide bonds. The van der Waals surface area contributed by atoms with Gasteiger partial charge in [-0.25, -0.2) is 0 Å². The monoisotopic (exact) mass is 264 g/mol. The minimum Gasteiger partial charge on any atom is -0.390 e. The number of aliphatic hydroxyl groups is 1. The lowest BCUT2D eigenvalue weighted by Crippen LogP contribution is -2.42. The van der Waals surface area contributed by atoms with Gasteiger partial charge < -0.3 is 10.4 Å². The van der Waals surface area contributed by atoms with Crippen LogP contribution < -0.4 is 5.32 Å². The van der Waals surface area contributed by atoms with E-state index in [2.05, 4.69) is 37.2 Å². The third-order valence-corrected chi connectivity index (χ3v) is 3.34. The highest BCUT2D eigenvalue weighted by molar-refractivity contribution is 5.20. The molecular weight excluding hydrogens is 236 g/mol. The first-order valence-electron chi connectivity index (χ1n) is 7.12. The number of aliphatic hydroxyl groups excluding tert-OH is 1. The summed E-state index contributed by atoms with van der Waals surface area (Å²) in [7, 11) is 0. The topological polar surface area (TPSA) is 35.5 Å². The molecule has 1 rings (SSSR count). The predicted octanol–water partition coefficient (Wildman–Crippen LogP) is 1.97. The summed E-state index contributed by atoms with van der Waals surface area (Å²) in [5, 5.41) is 13.3. The molecule has 1 fully saturated rings. The highest BCUT2D eigenvalue weighted by atomic mass is 16.3. The molecule has 2 unspecified atom stereocenters. The maximum Gasteiger partial charge on any atom is 0.0791 e. The van der Waals surface area contributed by atoms with E-state index in [1.165, 1.54) is 0 Å². The zero-order valence-electron chi connectivity index (χ0n) is 12.3. The Morgan fingerprint density at radius 1 is 1.47 bits per heavy atom. The fourth-order valence-corrected chi connectivity index (χ4v) is 2.52. The molecule has 0 saturated carbocycles. The van der Waals surface area contributed by atoms with Gasteiger partial charge in [0.05, 0.1) is 6.10 Å². The van der Waals surface area contributed by atoms with Gasteiger partial charge >= 0.3 is 0 Å². The number of nitrogens with one attached hydrogen (secondary N) is 1. The molecule has 0 aliphatic carbocycles. The molecule has 1 aliphatic heterocycles. The van der Waals surface area contributed by atoms with Crippen LogP contribution in [-0.2, 0) is 0 Å². The van der Waals surface area contributed by atoms with Crippen LogP contribution in [0.4, 0.5) is 0 Å². The van der Waals surface area contributed by atoms with Gasteiger partial charge in [-0.2, -0.15) is 0 Å². The zero-order valence-corrected chi connectivity index (χ0v) is 12.3. The molecule has 3 nitrogen and oxygen atoms in total. The molecular formula is C16H28N2O. The average Bonchev–Trinajstić information content (AvgIpc) is 2.49. The molecule has 19 heavy (non-hydrogen) atoms. The first-order valence-corrected chi connectivity index (χ1v) is 7.12. The summed E-state index contributed by atoms with van der Waals surface area (Å²) in [5.41, 5.74) is 1.06. The Balaban J connectivity index is 2.67. The fraction of sp³-hybridized carbons (Fsp3) is 0.625. The van der Waals surface area contributed by atoms with E-state index in [1.54, 1.807) is 6.08 Å². The molecule has 3 heteroatoms. The predicted molar refractivity (Wildman–Crippen MR) is 82.2 cm³/mol. The Bertz CT molecular complexity index is 323. The number of hydrogen-bond donors (Lipinski definition) is 2. The molecule has 2 atom stereocenters. The summed E-state index contributed by atoms with van der Waals surface area (Å²) in [4.78, 5) is 2.35. The first kappa shape index (κ1) is 16.2. The molecule has 1 heterocycles. The largest absolute Gasteiger partial charge is 0.390 e. The molecule has 0 aromatic rings. The van der Waals surface area contributed by atoms with Crippen molar-refractivity contribution in [3.05, 3.63) is 37.0 Å². The number of nitrogens with zero attached hydrogens (tertiary/aromatic N) is 1. The van der Waals surface area contributed by atoms with Crippen LogP contribution in [0.1, 0.15) is 20.3 Å². The maximum atomic E-state index is 9.93. The average molecular weight is 264 g/mol. The molecule has 108 valence electrons. The van der Waals surface area contributed by atoms with Crippen molar-refractivity contribution < 1.29 is 5.11 Å². The Kier molecular flexibility index (Phi) is 7.06.